The first-order valence-electron chi connectivity index (χ1n) is 10.8. The zero-order valence-electron chi connectivity index (χ0n) is 17.1. The van der Waals surface area contributed by atoms with Gasteiger partial charge in [0.05, 0.1) is 23.6 Å². The molecule has 0 radical (unpaired) electrons. The van der Waals surface area contributed by atoms with Crippen LogP contribution in [0.3, 0.4) is 0 Å². The zero-order valence-corrected chi connectivity index (χ0v) is 17.1. The van der Waals surface area contributed by atoms with Crippen LogP contribution in [0.1, 0.15) is 30.1 Å². The summed E-state index contributed by atoms with van der Waals surface area (Å²) < 4.78 is 51.8. The number of anilines is 1. The average molecular weight is 445 g/mol. The van der Waals surface area contributed by atoms with Gasteiger partial charge in [-0.1, -0.05) is 18.2 Å². The van der Waals surface area contributed by atoms with Crippen LogP contribution < -0.4 is 10.1 Å². The summed E-state index contributed by atoms with van der Waals surface area (Å²) in [7, 11) is 0. The Labute approximate surface area is 181 Å². The van der Waals surface area contributed by atoms with Crippen molar-refractivity contribution >= 4 is 16.9 Å². The summed E-state index contributed by atoms with van der Waals surface area (Å²) in [6, 6.07) is 8.94. The number of aromatic nitrogens is 3. The molecule has 0 saturated carbocycles. The summed E-state index contributed by atoms with van der Waals surface area (Å²) in [4.78, 5) is 13.1. The summed E-state index contributed by atoms with van der Waals surface area (Å²) in [5, 5.41) is 3.76. The molecular formula is C22H22F3N5O2. The Morgan fingerprint density at radius 2 is 2.00 bits per heavy atom. The van der Waals surface area contributed by atoms with Gasteiger partial charge in [0.15, 0.2) is 0 Å². The molecule has 2 saturated heterocycles. The minimum Gasteiger partial charge on any atom is -0.491 e. The van der Waals surface area contributed by atoms with Crippen molar-refractivity contribution in [1.29, 1.82) is 0 Å². The average Bonchev–Trinajstić information content (AvgIpc) is 3.50. The Morgan fingerprint density at radius 3 is 2.88 bits per heavy atom. The third-order valence-electron chi connectivity index (χ3n) is 6.77. The van der Waals surface area contributed by atoms with Crippen LogP contribution in [0.25, 0.3) is 11.0 Å². The van der Waals surface area contributed by atoms with Crippen LogP contribution in [0.5, 0.6) is 5.75 Å². The molecule has 7 nitrogen and oxygen atoms in total. The van der Waals surface area contributed by atoms with Crippen molar-refractivity contribution in [3.8, 4) is 5.75 Å². The maximum absolute atomic E-state index is 13.3. The fraction of sp³-hybridized carbons (Fsp3) is 0.455. The molecule has 2 aromatic heterocycles. The van der Waals surface area contributed by atoms with Crippen molar-refractivity contribution < 1.29 is 22.6 Å². The molecule has 32 heavy (non-hydrogen) atoms. The van der Waals surface area contributed by atoms with E-state index in [1.807, 2.05) is 24.3 Å². The van der Waals surface area contributed by atoms with E-state index in [0.29, 0.717) is 23.9 Å². The van der Waals surface area contributed by atoms with Gasteiger partial charge in [0, 0.05) is 24.8 Å². The van der Waals surface area contributed by atoms with E-state index >= 15 is 0 Å². The molecule has 4 atom stereocenters. The fourth-order valence-electron chi connectivity index (χ4n) is 5.31. The van der Waals surface area contributed by atoms with Gasteiger partial charge in [-0.2, -0.15) is 13.2 Å². The molecule has 10 heteroatoms. The number of hydrogen-bond donors (Lipinski definition) is 2. The van der Waals surface area contributed by atoms with Gasteiger partial charge in [-0.3, -0.25) is 4.90 Å². The third kappa shape index (κ3) is 3.20. The monoisotopic (exact) mass is 445 g/mol. The van der Waals surface area contributed by atoms with Crippen molar-refractivity contribution in [2.24, 2.45) is 0 Å². The van der Waals surface area contributed by atoms with Crippen molar-refractivity contribution in [1.82, 2.24) is 19.9 Å². The number of likely N-dealkylation sites (tertiary alicyclic amines) is 1. The lowest BCUT2D eigenvalue weighted by Crippen LogP contribution is -2.50. The number of alkyl halides is 3. The Bertz CT molecular complexity index is 1150. The highest BCUT2D eigenvalue weighted by Gasteiger charge is 2.46. The quantitative estimate of drug-likeness (QED) is 0.640. The highest BCUT2D eigenvalue weighted by atomic mass is 19.4. The predicted molar refractivity (Wildman–Crippen MR) is 110 cm³/mol. The number of aromatic amines is 1. The molecule has 2 N–H and O–H groups in total. The second-order valence-electron chi connectivity index (χ2n) is 8.50. The molecule has 0 bridgehead atoms. The highest BCUT2D eigenvalue weighted by molar-refractivity contribution is 5.88. The minimum atomic E-state index is -4.49. The van der Waals surface area contributed by atoms with E-state index in [9.17, 15) is 13.2 Å². The van der Waals surface area contributed by atoms with Crippen LogP contribution in [0.2, 0.25) is 0 Å². The lowest BCUT2D eigenvalue weighted by molar-refractivity contribution is -0.140. The van der Waals surface area contributed by atoms with Gasteiger partial charge < -0.3 is 19.8 Å². The first-order chi connectivity index (χ1) is 15.5. The maximum atomic E-state index is 13.3. The van der Waals surface area contributed by atoms with Crippen LogP contribution in [0.4, 0.5) is 19.0 Å². The van der Waals surface area contributed by atoms with Gasteiger partial charge in [0.2, 0.25) is 0 Å². The number of fused-ring (bicyclic) bond motifs is 3. The Morgan fingerprint density at radius 1 is 1.12 bits per heavy atom. The van der Waals surface area contributed by atoms with Crippen molar-refractivity contribution in [3.63, 3.8) is 0 Å². The standard InChI is InChI=1S/C22H22F3N5O2/c23-22(24,25)18-9-13-20(28-18)26-11-27-21(13)29-19-12-3-1-2-4-16(12)32-10-15(19)30-7-5-17-14(30)6-8-31-17/h1-4,9,11,14-15,17,19H,5-8,10H2,(H2,26,27,28,29). The molecule has 2 fully saturated rings. The van der Waals surface area contributed by atoms with Crippen molar-refractivity contribution in [2.45, 2.75) is 43.2 Å². The number of rotatable bonds is 3. The summed E-state index contributed by atoms with van der Waals surface area (Å²) in [6.45, 7) is 2.13. The predicted octanol–water partition coefficient (Wildman–Crippen LogP) is 3.75. The molecule has 0 amide bonds. The van der Waals surface area contributed by atoms with Gasteiger partial charge in [-0.25, -0.2) is 9.97 Å². The number of halogens is 3. The summed E-state index contributed by atoms with van der Waals surface area (Å²) in [6.07, 6.45) is -1.03. The molecule has 168 valence electrons. The molecule has 3 aromatic rings. The van der Waals surface area contributed by atoms with E-state index in [0.717, 1.165) is 43.4 Å². The summed E-state index contributed by atoms with van der Waals surface area (Å²) in [5.41, 5.74) is 0.270. The third-order valence-corrected chi connectivity index (χ3v) is 6.77. The Hall–Kier alpha value is -2.85. The molecular weight excluding hydrogens is 423 g/mol. The number of nitrogens with zero attached hydrogens (tertiary/aromatic N) is 3. The largest absolute Gasteiger partial charge is 0.491 e. The SMILES string of the molecule is FC(F)(F)c1cc2c(NC3c4ccccc4OCC3N3CCC4OCCC43)ncnc2[nH]1. The van der Waals surface area contributed by atoms with Crippen LogP contribution in [-0.2, 0) is 10.9 Å². The number of hydrogen-bond acceptors (Lipinski definition) is 6. The van der Waals surface area contributed by atoms with Gasteiger partial charge in [-0.15, -0.1) is 0 Å². The Balaban J connectivity index is 1.40. The molecule has 5 heterocycles. The fourth-order valence-corrected chi connectivity index (χ4v) is 5.31. The number of benzene rings is 1. The molecule has 3 aliphatic heterocycles. The molecule has 1 aromatic carbocycles. The highest BCUT2D eigenvalue weighted by Crippen LogP contribution is 2.41. The van der Waals surface area contributed by atoms with Gasteiger partial charge >= 0.3 is 6.18 Å². The second kappa shape index (κ2) is 7.35. The molecule has 3 aliphatic rings. The van der Waals surface area contributed by atoms with Gasteiger partial charge in [0.1, 0.15) is 35.8 Å². The number of ether oxygens (including phenoxy) is 2. The van der Waals surface area contributed by atoms with E-state index in [2.05, 4.69) is 25.2 Å². The van der Waals surface area contributed by atoms with Gasteiger partial charge in [0.25, 0.3) is 0 Å². The topological polar surface area (TPSA) is 75.3 Å². The number of para-hydroxylation sites is 1. The smallest absolute Gasteiger partial charge is 0.431 e. The number of nitrogens with one attached hydrogen (secondary N) is 2. The van der Waals surface area contributed by atoms with E-state index in [-0.39, 0.29) is 23.8 Å². The first kappa shape index (κ1) is 19.8. The molecule has 4 unspecified atom stereocenters. The van der Waals surface area contributed by atoms with E-state index in [1.165, 1.54) is 6.33 Å². The second-order valence-corrected chi connectivity index (χ2v) is 8.50. The Kier molecular flexibility index (Phi) is 4.55. The zero-order chi connectivity index (χ0) is 21.9. The van der Waals surface area contributed by atoms with Crippen LogP contribution in [0, 0.1) is 0 Å². The van der Waals surface area contributed by atoms with E-state index in [1.54, 1.807) is 0 Å². The van der Waals surface area contributed by atoms with E-state index < -0.39 is 11.9 Å². The van der Waals surface area contributed by atoms with Crippen LogP contribution >= 0.6 is 0 Å². The summed E-state index contributed by atoms with van der Waals surface area (Å²) in [5.74, 6) is 1.14. The van der Waals surface area contributed by atoms with Crippen molar-refractivity contribution in [3.05, 3.63) is 47.9 Å². The van der Waals surface area contributed by atoms with Crippen LogP contribution in [0.15, 0.2) is 36.7 Å². The van der Waals surface area contributed by atoms with Gasteiger partial charge in [-0.05, 0) is 25.0 Å². The van der Waals surface area contributed by atoms with E-state index in [4.69, 9.17) is 9.47 Å². The summed E-state index contributed by atoms with van der Waals surface area (Å²) >= 11 is 0. The maximum Gasteiger partial charge on any atom is 0.431 e. The lowest BCUT2D eigenvalue weighted by atomic mass is 9.94. The molecule has 0 aliphatic carbocycles. The normalized spacial score (nSPS) is 27.8. The number of H-pyrrole nitrogens is 1. The minimum absolute atomic E-state index is 0.00681. The molecule has 0 spiro atoms. The van der Waals surface area contributed by atoms with Crippen LogP contribution in [-0.4, -0.2) is 57.8 Å². The van der Waals surface area contributed by atoms with Crippen molar-refractivity contribution in [2.75, 3.05) is 25.1 Å². The first-order valence-corrected chi connectivity index (χ1v) is 10.8. The molecule has 6 rings (SSSR count). The lowest BCUT2D eigenvalue weighted by Gasteiger charge is -2.41.